The van der Waals surface area contributed by atoms with E-state index in [-0.39, 0.29) is 5.91 Å². The van der Waals surface area contributed by atoms with Crippen molar-refractivity contribution < 1.29 is 4.79 Å². The lowest BCUT2D eigenvalue weighted by Crippen LogP contribution is -2.23. The molecule has 2 heterocycles. The van der Waals surface area contributed by atoms with E-state index in [2.05, 4.69) is 25.9 Å². The van der Waals surface area contributed by atoms with Gasteiger partial charge in [0.25, 0.3) is 5.91 Å². The zero-order valence-corrected chi connectivity index (χ0v) is 9.90. The van der Waals surface area contributed by atoms with Crippen molar-refractivity contribution in [3.05, 3.63) is 41.3 Å². The Bertz CT molecular complexity index is 533. The summed E-state index contributed by atoms with van der Waals surface area (Å²) in [5.41, 5.74) is 4.78. The van der Waals surface area contributed by atoms with E-state index in [4.69, 9.17) is 5.84 Å². The molecule has 0 atom stereocenters. The van der Waals surface area contributed by atoms with Gasteiger partial charge >= 0.3 is 0 Å². The fraction of sp³-hybridized carbons (Fsp3) is 0.182. The number of nitrogens with two attached hydrogens (primary N) is 1. The highest BCUT2D eigenvalue weighted by molar-refractivity contribution is 5.93. The second-order valence-electron chi connectivity index (χ2n) is 3.78. The zero-order chi connectivity index (χ0) is 13.0. The maximum Gasteiger partial charge on any atom is 0.253 e. The Morgan fingerprint density at radius 2 is 2.28 bits per heavy atom. The van der Waals surface area contributed by atoms with Crippen LogP contribution in [0.4, 0.5) is 5.82 Å². The number of carbonyl (C=O) groups excluding carboxylic acids is 1. The number of hydrogen-bond acceptors (Lipinski definition) is 5. The summed E-state index contributed by atoms with van der Waals surface area (Å²) in [6, 6.07) is 3.29. The lowest BCUT2D eigenvalue weighted by Gasteiger charge is -2.05. The van der Waals surface area contributed by atoms with E-state index in [0.717, 1.165) is 11.3 Å². The fourth-order valence-electron chi connectivity index (χ4n) is 1.44. The van der Waals surface area contributed by atoms with Gasteiger partial charge in [0.05, 0.1) is 11.8 Å². The number of aromatic nitrogens is 3. The monoisotopic (exact) mass is 246 g/mol. The zero-order valence-electron chi connectivity index (χ0n) is 9.90. The van der Waals surface area contributed by atoms with Gasteiger partial charge in [-0.15, -0.1) is 0 Å². The van der Waals surface area contributed by atoms with E-state index in [1.54, 1.807) is 18.3 Å². The van der Waals surface area contributed by atoms with Gasteiger partial charge in [-0.2, -0.15) is 5.10 Å². The van der Waals surface area contributed by atoms with Gasteiger partial charge in [0, 0.05) is 24.0 Å². The summed E-state index contributed by atoms with van der Waals surface area (Å²) in [6.07, 6.45) is 3.15. The highest BCUT2D eigenvalue weighted by atomic mass is 16.1. The van der Waals surface area contributed by atoms with Crippen LogP contribution in [-0.2, 0) is 6.54 Å². The molecule has 7 heteroatoms. The molecule has 0 spiro atoms. The minimum Gasteiger partial charge on any atom is -0.348 e. The van der Waals surface area contributed by atoms with Crippen molar-refractivity contribution in [2.24, 2.45) is 5.84 Å². The number of nitrogen functional groups attached to an aromatic ring is 1. The van der Waals surface area contributed by atoms with Crippen LogP contribution in [0.1, 0.15) is 21.6 Å². The lowest BCUT2D eigenvalue weighted by molar-refractivity contribution is 0.0950. The molecule has 0 aliphatic rings. The number of aryl methyl sites for hydroxylation is 1. The molecule has 5 N–H and O–H groups in total. The first-order valence-electron chi connectivity index (χ1n) is 5.40. The van der Waals surface area contributed by atoms with Crippen molar-refractivity contribution in [1.29, 1.82) is 0 Å². The largest absolute Gasteiger partial charge is 0.348 e. The van der Waals surface area contributed by atoms with E-state index in [9.17, 15) is 4.79 Å². The van der Waals surface area contributed by atoms with Crippen LogP contribution in [0.2, 0.25) is 0 Å². The first-order valence-corrected chi connectivity index (χ1v) is 5.40. The molecule has 0 saturated heterocycles. The Kier molecular flexibility index (Phi) is 3.54. The van der Waals surface area contributed by atoms with E-state index < -0.39 is 0 Å². The highest BCUT2D eigenvalue weighted by Gasteiger charge is 2.07. The molecule has 0 saturated carbocycles. The lowest BCUT2D eigenvalue weighted by atomic mass is 10.2. The number of rotatable bonds is 4. The van der Waals surface area contributed by atoms with Gasteiger partial charge in [0.1, 0.15) is 5.82 Å². The third-order valence-corrected chi connectivity index (χ3v) is 2.55. The average molecular weight is 246 g/mol. The Morgan fingerprint density at radius 1 is 1.44 bits per heavy atom. The van der Waals surface area contributed by atoms with Crippen LogP contribution in [0.5, 0.6) is 0 Å². The van der Waals surface area contributed by atoms with Crippen LogP contribution >= 0.6 is 0 Å². The molecule has 2 aromatic heterocycles. The smallest absolute Gasteiger partial charge is 0.253 e. The molecule has 0 aromatic carbocycles. The van der Waals surface area contributed by atoms with E-state index in [1.807, 2.05) is 6.92 Å². The predicted molar refractivity (Wildman–Crippen MR) is 66.5 cm³/mol. The Hall–Kier alpha value is -2.41. The van der Waals surface area contributed by atoms with Crippen molar-refractivity contribution in [1.82, 2.24) is 20.5 Å². The number of nitrogens with zero attached hydrogens (tertiary/aromatic N) is 2. The van der Waals surface area contributed by atoms with Gasteiger partial charge in [-0.05, 0) is 19.1 Å². The number of carbonyl (C=O) groups is 1. The Morgan fingerprint density at radius 3 is 2.83 bits per heavy atom. The Labute approximate surface area is 104 Å². The first kappa shape index (κ1) is 12.1. The Balaban J connectivity index is 1.97. The second-order valence-corrected chi connectivity index (χ2v) is 3.78. The van der Waals surface area contributed by atoms with Gasteiger partial charge in [0.15, 0.2) is 0 Å². The van der Waals surface area contributed by atoms with Crippen LogP contribution < -0.4 is 16.6 Å². The van der Waals surface area contributed by atoms with Gasteiger partial charge in [-0.1, -0.05) is 0 Å². The van der Waals surface area contributed by atoms with Crippen LogP contribution in [0, 0.1) is 6.92 Å². The van der Waals surface area contributed by atoms with Crippen molar-refractivity contribution >= 4 is 11.7 Å². The van der Waals surface area contributed by atoms with Crippen LogP contribution in [0.3, 0.4) is 0 Å². The predicted octanol–water partition coefficient (Wildman–Crippen LogP) is 0.329. The summed E-state index contributed by atoms with van der Waals surface area (Å²) in [4.78, 5) is 15.8. The molecule has 0 aliphatic heterocycles. The van der Waals surface area contributed by atoms with E-state index in [0.29, 0.717) is 17.9 Å². The van der Waals surface area contributed by atoms with Gasteiger partial charge in [-0.3, -0.25) is 9.89 Å². The number of amides is 1. The van der Waals surface area contributed by atoms with E-state index >= 15 is 0 Å². The standard InChI is InChI=1S/C11H14N6O/c1-7-9(6-15-17-7)5-14-11(18)8-2-3-10(16-12)13-4-8/h2-4,6H,5,12H2,1H3,(H,13,16)(H,14,18)(H,15,17). The SMILES string of the molecule is Cc1[nH]ncc1CNC(=O)c1ccc(NN)nc1. The van der Waals surface area contributed by atoms with Crippen molar-refractivity contribution in [3.63, 3.8) is 0 Å². The molecule has 0 bridgehead atoms. The quantitative estimate of drug-likeness (QED) is 0.459. The maximum absolute atomic E-state index is 11.8. The number of pyridine rings is 1. The molecule has 1 amide bonds. The number of H-pyrrole nitrogens is 1. The number of hydrogen-bond donors (Lipinski definition) is 4. The summed E-state index contributed by atoms with van der Waals surface area (Å²) in [5, 5.41) is 9.48. The molecular formula is C11H14N6O. The minimum absolute atomic E-state index is 0.188. The highest BCUT2D eigenvalue weighted by Crippen LogP contribution is 2.05. The van der Waals surface area contributed by atoms with E-state index in [1.165, 1.54) is 6.20 Å². The molecule has 0 unspecified atom stereocenters. The topological polar surface area (TPSA) is 109 Å². The number of hydrazine groups is 1. The number of aromatic amines is 1. The summed E-state index contributed by atoms with van der Waals surface area (Å²) in [7, 11) is 0. The van der Waals surface area contributed by atoms with Crippen LogP contribution in [0.25, 0.3) is 0 Å². The summed E-state index contributed by atoms with van der Waals surface area (Å²) < 4.78 is 0. The molecule has 94 valence electrons. The average Bonchev–Trinajstić information content (AvgIpc) is 2.81. The van der Waals surface area contributed by atoms with Crippen LogP contribution in [-0.4, -0.2) is 21.1 Å². The molecule has 2 aromatic rings. The third-order valence-electron chi connectivity index (χ3n) is 2.55. The summed E-state index contributed by atoms with van der Waals surface area (Å²) >= 11 is 0. The van der Waals surface area contributed by atoms with Gasteiger partial charge < -0.3 is 10.7 Å². The molecule has 0 radical (unpaired) electrons. The molecule has 2 rings (SSSR count). The maximum atomic E-state index is 11.8. The first-order chi connectivity index (χ1) is 8.70. The van der Waals surface area contributed by atoms with Crippen molar-refractivity contribution in [2.45, 2.75) is 13.5 Å². The van der Waals surface area contributed by atoms with Gasteiger partial charge in [-0.25, -0.2) is 10.8 Å². The molecule has 7 nitrogen and oxygen atoms in total. The molecule has 18 heavy (non-hydrogen) atoms. The van der Waals surface area contributed by atoms with Crippen molar-refractivity contribution in [3.8, 4) is 0 Å². The van der Waals surface area contributed by atoms with Crippen molar-refractivity contribution in [2.75, 3.05) is 5.43 Å². The summed E-state index contributed by atoms with van der Waals surface area (Å²) in [6.45, 7) is 2.33. The van der Waals surface area contributed by atoms with Gasteiger partial charge in [0.2, 0.25) is 0 Å². The molecular weight excluding hydrogens is 232 g/mol. The third kappa shape index (κ3) is 2.64. The number of nitrogens with one attached hydrogen (secondary N) is 3. The minimum atomic E-state index is -0.188. The molecule has 0 aliphatic carbocycles. The summed E-state index contributed by atoms with van der Waals surface area (Å²) in [5.74, 6) is 5.52. The number of anilines is 1. The van der Waals surface area contributed by atoms with Crippen LogP contribution in [0.15, 0.2) is 24.5 Å². The fourth-order valence-corrected chi connectivity index (χ4v) is 1.44. The second kappa shape index (κ2) is 5.28. The molecule has 0 fully saturated rings. The normalized spacial score (nSPS) is 10.1.